The van der Waals surface area contributed by atoms with Crippen molar-refractivity contribution in [3.8, 4) is 11.5 Å². The molecule has 3 heterocycles. The first-order valence-corrected chi connectivity index (χ1v) is 22.2. The maximum Gasteiger partial charge on any atom is 0.573 e. The molecule has 322 valence electrons. The molecule has 4 aromatic rings. The molecule has 0 saturated carbocycles. The van der Waals surface area contributed by atoms with E-state index in [1.807, 2.05) is 13.8 Å². The van der Waals surface area contributed by atoms with Gasteiger partial charge in [-0.05, 0) is 91.9 Å². The summed E-state index contributed by atoms with van der Waals surface area (Å²) in [5, 5.41) is 0.767. The minimum absolute atomic E-state index is 0.189. The number of thiophene rings is 1. The van der Waals surface area contributed by atoms with E-state index in [0.29, 0.717) is 85.9 Å². The number of nitrogens with one attached hydrogen (secondary N) is 1. The van der Waals surface area contributed by atoms with E-state index in [1.54, 1.807) is 49.1 Å². The van der Waals surface area contributed by atoms with Gasteiger partial charge in [0.2, 0.25) is 10.0 Å². The standard InChI is InChI=1S/C41H49ClF4N4O7S2/c1-27(2)56-33-22-30(23-34(25-33)57-41(44,45)46)40(3,4)29-20-31(42)24-32(21-29)50(8-7-49-11-15-55-16-12-49)39(51)38-19-28-18-36(35(43)26-37(28)58-38)47-59(52,53)17-5-6-48-9-13-54-14-10-48/h18-27,47H,5-17H2,1-4H3. The van der Waals surface area contributed by atoms with Gasteiger partial charge in [0.05, 0.1) is 48.8 Å². The Labute approximate surface area is 351 Å². The van der Waals surface area contributed by atoms with Crippen LogP contribution in [0.5, 0.6) is 11.5 Å². The van der Waals surface area contributed by atoms with Crippen molar-refractivity contribution in [2.24, 2.45) is 0 Å². The first kappa shape index (κ1) is 44.8. The number of halogens is 5. The number of amides is 1. The molecular weight excluding hydrogens is 836 g/mol. The van der Waals surface area contributed by atoms with Crippen LogP contribution in [0.15, 0.2) is 54.6 Å². The molecule has 3 aromatic carbocycles. The van der Waals surface area contributed by atoms with Crippen LogP contribution in [0.4, 0.5) is 28.9 Å². The van der Waals surface area contributed by atoms with Gasteiger partial charge in [-0.15, -0.1) is 24.5 Å². The number of hydrogen-bond acceptors (Lipinski definition) is 10. The van der Waals surface area contributed by atoms with E-state index in [9.17, 15) is 26.4 Å². The SMILES string of the molecule is CC(C)Oc1cc(OC(F)(F)F)cc(C(C)(C)c2cc(Cl)cc(N(CCN3CCOCC3)C(=O)c3cc4cc(NS(=O)(=O)CCCN5CCOCC5)c(F)cc4s3)c2)c1. The van der Waals surface area contributed by atoms with Crippen molar-refractivity contribution < 1.29 is 49.7 Å². The molecule has 11 nitrogen and oxygen atoms in total. The maximum atomic E-state index is 15.4. The van der Waals surface area contributed by atoms with E-state index < -0.39 is 39.3 Å². The van der Waals surface area contributed by atoms with E-state index in [2.05, 4.69) is 19.3 Å². The van der Waals surface area contributed by atoms with Gasteiger partial charge in [0.25, 0.3) is 5.91 Å². The molecule has 1 N–H and O–H groups in total. The molecule has 1 amide bonds. The van der Waals surface area contributed by atoms with Crippen LogP contribution < -0.4 is 19.1 Å². The molecule has 6 rings (SSSR count). The predicted octanol–water partition coefficient (Wildman–Crippen LogP) is 8.15. The second-order valence-electron chi connectivity index (χ2n) is 15.4. The number of carbonyl (C=O) groups excluding carboxylic acids is 1. The Bertz CT molecular complexity index is 2210. The fraction of sp³-hybridized carbons (Fsp3) is 0.488. The number of fused-ring (bicyclic) bond motifs is 1. The summed E-state index contributed by atoms with van der Waals surface area (Å²) >= 11 is 7.84. The third-order valence-corrected chi connectivity index (χ3v) is 12.8. The highest BCUT2D eigenvalue weighted by Crippen LogP contribution is 2.41. The highest BCUT2D eigenvalue weighted by atomic mass is 35.5. The molecule has 1 aromatic heterocycles. The lowest BCUT2D eigenvalue weighted by Gasteiger charge is -2.32. The lowest BCUT2D eigenvalue weighted by Crippen LogP contribution is -2.43. The summed E-state index contributed by atoms with van der Waals surface area (Å²) in [7, 11) is -3.87. The highest BCUT2D eigenvalue weighted by molar-refractivity contribution is 7.92. The van der Waals surface area contributed by atoms with Gasteiger partial charge in [-0.25, -0.2) is 12.8 Å². The summed E-state index contributed by atoms with van der Waals surface area (Å²) < 4.78 is 105. The quantitative estimate of drug-likeness (QED) is 0.112. The number of ether oxygens (including phenoxy) is 4. The van der Waals surface area contributed by atoms with E-state index in [0.717, 1.165) is 24.4 Å². The summed E-state index contributed by atoms with van der Waals surface area (Å²) in [4.78, 5) is 20.7. The Morgan fingerprint density at radius 1 is 0.898 bits per heavy atom. The zero-order valence-electron chi connectivity index (χ0n) is 33.4. The first-order chi connectivity index (χ1) is 27.8. The van der Waals surface area contributed by atoms with Crippen molar-refractivity contribution in [3.05, 3.63) is 81.4 Å². The molecule has 0 aliphatic carbocycles. The van der Waals surface area contributed by atoms with E-state index >= 15 is 4.39 Å². The van der Waals surface area contributed by atoms with Gasteiger partial charge >= 0.3 is 6.36 Å². The molecule has 0 unspecified atom stereocenters. The van der Waals surface area contributed by atoms with Crippen molar-refractivity contribution in [2.45, 2.75) is 52.0 Å². The van der Waals surface area contributed by atoms with Gasteiger partial charge in [-0.1, -0.05) is 25.4 Å². The monoisotopic (exact) mass is 884 g/mol. The summed E-state index contributed by atoms with van der Waals surface area (Å²) in [6.45, 7) is 13.6. The Morgan fingerprint density at radius 2 is 1.53 bits per heavy atom. The van der Waals surface area contributed by atoms with Gasteiger partial charge in [0, 0.05) is 66.2 Å². The lowest BCUT2D eigenvalue weighted by atomic mass is 9.77. The molecule has 2 aliphatic rings. The minimum Gasteiger partial charge on any atom is -0.491 e. The molecule has 0 bridgehead atoms. The molecule has 0 atom stereocenters. The van der Waals surface area contributed by atoms with Gasteiger partial charge in [-0.3, -0.25) is 19.3 Å². The van der Waals surface area contributed by atoms with Crippen LogP contribution in [0.2, 0.25) is 5.02 Å². The summed E-state index contributed by atoms with van der Waals surface area (Å²) in [6, 6.07) is 13.5. The molecule has 0 radical (unpaired) electrons. The van der Waals surface area contributed by atoms with Crippen LogP contribution in [0.25, 0.3) is 10.1 Å². The highest BCUT2D eigenvalue weighted by Gasteiger charge is 2.34. The number of benzene rings is 3. The fourth-order valence-electron chi connectivity index (χ4n) is 7.04. The number of rotatable bonds is 16. The minimum atomic E-state index is -4.93. The number of carbonyl (C=O) groups is 1. The summed E-state index contributed by atoms with van der Waals surface area (Å²) in [6.07, 6.45) is -4.89. The molecule has 2 aliphatic heterocycles. The number of anilines is 2. The third kappa shape index (κ3) is 12.2. The molecular formula is C41H49ClF4N4O7S2. The second kappa shape index (κ2) is 18.9. The Morgan fingerprint density at radius 3 is 2.17 bits per heavy atom. The summed E-state index contributed by atoms with van der Waals surface area (Å²) in [5.74, 6) is -1.61. The van der Waals surface area contributed by atoms with Crippen LogP contribution in [-0.2, 0) is 24.9 Å². The van der Waals surface area contributed by atoms with E-state index in [-0.39, 0.29) is 39.7 Å². The van der Waals surface area contributed by atoms with Crippen molar-refractivity contribution in [3.63, 3.8) is 0 Å². The van der Waals surface area contributed by atoms with Crippen molar-refractivity contribution in [2.75, 3.05) is 87.6 Å². The Kier molecular flexibility index (Phi) is 14.4. The zero-order valence-corrected chi connectivity index (χ0v) is 35.8. The largest absolute Gasteiger partial charge is 0.573 e. The van der Waals surface area contributed by atoms with Crippen LogP contribution in [0.3, 0.4) is 0 Å². The normalized spacial score (nSPS) is 16.1. The van der Waals surface area contributed by atoms with Gasteiger partial charge in [0.15, 0.2) is 0 Å². The number of alkyl halides is 3. The third-order valence-electron chi connectivity index (χ3n) is 10.2. The van der Waals surface area contributed by atoms with Crippen LogP contribution in [0, 0.1) is 5.82 Å². The maximum absolute atomic E-state index is 15.4. The Balaban J connectivity index is 1.30. The number of hydrogen-bond donors (Lipinski definition) is 1. The lowest BCUT2D eigenvalue weighted by molar-refractivity contribution is -0.274. The Hall–Kier alpha value is -3.71. The number of nitrogens with zero attached hydrogens (tertiary/aromatic N) is 3. The number of morpholine rings is 2. The molecule has 0 spiro atoms. The smallest absolute Gasteiger partial charge is 0.491 e. The summed E-state index contributed by atoms with van der Waals surface area (Å²) in [5.41, 5.74) is 0.307. The van der Waals surface area contributed by atoms with Crippen molar-refractivity contribution in [1.82, 2.24) is 9.80 Å². The topological polar surface area (TPSA) is 110 Å². The van der Waals surface area contributed by atoms with E-state index in [4.69, 9.17) is 25.8 Å². The first-order valence-electron chi connectivity index (χ1n) is 19.4. The van der Waals surface area contributed by atoms with E-state index in [1.165, 1.54) is 24.3 Å². The number of sulfonamides is 1. The molecule has 2 saturated heterocycles. The molecule has 18 heteroatoms. The van der Waals surface area contributed by atoms with Crippen LogP contribution >= 0.6 is 22.9 Å². The van der Waals surface area contributed by atoms with Gasteiger partial charge < -0.3 is 23.8 Å². The average Bonchev–Trinajstić information content (AvgIpc) is 3.57. The van der Waals surface area contributed by atoms with Crippen LogP contribution in [-0.4, -0.2) is 115 Å². The van der Waals surface area contributed by atoms with Gasteiger partial charge in [0.1, 0.15) is 17.3 Å². The average molecular weight is 885 g/mol. The predicted molar refractivity (Wildman–Crippen MR) is 222 cm³/mol. The van der Waals surface area contributed by atoms with Crippen molar-refractivity contribution in [1.29, 1.82) is 0 Å². The van der Waals surface area contributed by atoms with Gasteiger partial charge in [-0.2, -0.15) is 0 Å². The molecule has 2 fully saturated rings. The zero-order chi connectivity index (χ0) is 42.5. The van der Waals surface area contributed by atoms with Crippen molar-refractivity contribution >= 4 is 60.3 Å². The second-order valence-corrected chi connectivity index (χ2v) is 18.7. The fourth-order valence-corrected chi connectivity index (χ4v) is 9.39. The molecule has 59 heavy (non-hydrogen) atoms. The van der Waals surface area contributed by atoms with Crippen LogP contribution in [0.1, 0.15) is 54.9 Å².